The summed E-state index contributed by atoms with van der Waals surface area (Å²) in [5.41, 5.74) is 0. The number of hydrogen-bond donors (Lipinski definition) is 1. The molecule has 0 aliphatic heterocycles. The maximum absolute atomic E-state index is 10.9. The van der Waals surface area contributed by atoms with Crippen molar-refractivity contribution in [3.05, 3.63) is 0 Å². The summed E-state index contributed by atoms with van der Waals surface area (Å²) >= 11 is 0. The number of rotatable bonds is 21. The average Bonchev–Trinajstić information content (AvgIpc) is 2.63. The molecule has 0 aliphatic carbocycles. The molecule has 26 heavy (non-hydrogen) atoms. The lowest BCUT2D eigenvalue weighted by atomic mass is 10.0. The Kier molecular flexibility index (Phi) is 19.8. The van der Waals surface area contributed by atoms with E-state index in [1.807, 2.05) is 0 Å². The largest absolute Gasteiger partial charge is 0.476 e. The van der Waals surface area contributed by atoms with Crippen LogP contribution in [0.3, 0.4) is 0 Å². The zero-order valence-electron chi connectivity index (χ0n) is 17.4. The van der Waals surface area contributed by atoms with Crippen LogP contribution in [-0.2, 0) is 9.59 Å². The van der Waals surface area contributed by atoms with Crippen LogP contribution in [-0.4, -0.2) is 16.9 Å². The topological polar surface area (TPSA) is 54.4 Å². The quantitative estimate of drug-likeness (QED) is 0.169. The van der Waals surface area contributed by atoms with Gasteiger partial charge in [0.15, 0.2) is 0 Å². The summed E-state index contributed by atoms with van der Waals surface area (Å²) < 4.78 is 0. The second kappa shape index (κ2) is 20.5. The Morgan fingerprint density at radius 1 is 0.500 bits per heavy atom. The Labute approximate surface area is 162 Å². The Balaban J connectivity index is 3.05. The fourth-order valence-corrected chi connectivity index (χ4v) is 3.47. The van der Waals surface area contributed by atoms with E-state index >= 15 is 0 Å². The molecular formula is C23H44O3. The predicted octanol–water partition coefficient (Wildman–Crippen LogP) is 7.46. The van der Waals surface area contributed by atoms with E-state index in [0.29, 0.717) is 0 Å². The summed E-state index contributed by atoms with van der Waals surface area (Å²) in [5.74, 6) is -1.93. The zero-order chi connectivity index (χ0) is 19.3. The Morgan fingerprint density at radius 3 is 1.04 bits per heavy atom. The highest BCUT2D eigenvalue weighted by molar-refractivity contribution is 6.32. The number of carboxylic acid groups (broad SMARTS) is 1. The fraction of sp³-hybridized carbons (Fsp3) is 0.913. The van der Waals surface area contributed by atoms with Crippen LogP contribution in [0.4, 0.5) is 0 Å². The van der Waals surface area contributed by atoms with Gasteiger partial charge in [-0.2, -0.15) is 0 Å². The van der Waals surface area contributed by atoms with Crippen LogP contribution in [0.5, 0.6) is 0 Å². The molecule has 0 aromatic carbocycles. The van der Waals surface area contributed by atoms with Crippen LogP contribution in [0, 0.1) is 0 Å². The van der Waals surface area contributed by atoms with E-state index in [1.165, 1.54) is 103 Å². The molecule has 0 aliphatic rings. The van der Waals surface area contributed by atoms with Gasteiger partial charge in [0, 0.05) is 6.42 Å². The summed E-state index contributed by atoms with van der Waals surface area (Å²) in [6.45, 7) is 2.28. The first kappa shape index (κ1) is 25.1. The SMILES string of the molecule is CCCCCCCCCCCCCCCCCCCCCC(=O)C(=O)O. The van der Waals surface area contributed by atoms with Crippen LogP contribution in [0.25, 0.3) is 0 Å². The van der Waals surface area contributed by atoms with E-state index in [-0.39, 0.29) is 6.42 Å². The monoisotopic (exact) mass is 368 g/mol. The van der Waals surface area contributed by atoms with Gasteiger partial charge >= 0.3 is 5.97 Å². The lowest BCUT2D eigenvalue weighted by molar-refractivity contribution is -0.149. The second-order valence-corrected chi connectivity index (χ2v) is 7.84. The molecule has 0 rings (SSSR count). The van der Waals surface area contributed by atoms with Crippen molar-refractivity contribution in [1.29, 1.82) is 0 Å². The first-order valence-corrected chi connectivity index (χ1v) is 11.4. The Morgan fingerprint density at radius 2 is 0.769 bits per heavy atom. The summed E-state index contributed by atoms with van der Waals surface area (Å²) in [5, 5.41) is 8.48. The van der Waals surface area contributed by atoms with Crippen molar-refractivity contribution in [2.75, 3.05) is 0 Å². The van der Waals surface area contributed by atoms with Crippen molar-refractivity contribution >= 4 is 11.8 Å². The number of carbonyl (C=O) groups is 2. The molecule has 0 radical (unpaired) electrons. The first-order chi connectivity index (χ1) is 12.7. The number of aliphatic carboxylic acids is 1. The normalized spacial score (nSPS) is 11.0. The van der Waals surface area contributed by atoms with Gasteiger partial charge < -0.3 is 5.11 Å². The van der Waals surface area contributed by atoms with E-state index in [2.05, 4.69) is 6.92 Å². The lowest BCUT2D eigenvalue weighted by Crippen LogP contribution is -2.11. The number of Topliss-reactive ketones (excluding diaryl/α,β-unsaturated/α-hetero) is 1. The molecule has 0 unspecified atom stereocenters. The van der Waals surface area contributed by atoms with Gasteiger partial charge in [-0.3, -0.25) is 4.79 Å². The smallest absolute Gasteiger partial charge is 0.372 e. The minimum Gasteiger partial charge on any atom is -0.476 e. The van der Waals surface area contributed by atoms with Crippen LogP contribution in [0.2, 0.25) is 0 Å². The molecule has 0 heterocycles. The molecule has 154 valence electrons. The summed E-state index contributed by atoms with van der Waals surface area (Å²) in [6, 6.07) is 0. The van der Waals surface area contributed by atoms with Gasteiger partial charge in [0.05, 0.1) is 0 Å². The lowest BCUT2D eigenvalue weighted by Gasteiger charge is -2.04. The van der Waals surface area contributed by atoms with Crippen molar-refractivity contribution in [3.63, 3.8) is 0 Å². The van der Waals surface area contributed by atoms with E-state index in [0.717, 1.165) is 19.3 Å². The van der Waals surface area contributed by atoms with Gasteiger partial charge in [-0.1, -0.05) is 122 Å². The predicted molar refractivity (Wildman–Crippen MR) is 111 cm³/mol. The molecule has 0 amide bonds. The van der Waals surface area contributed by atoms with Crippen LogP contribution < -0.4 is 0 Å². The van der Waals surface area contributed by atoms with Gasteiger partial charge in [-0.05, 0) is 6.42 Å². The highest BCUT2D eigenvalue weighted by Gasteiger charge is 2.09. The van der Waals surface area contributed by atoms with Crippen molar-refractivity contribution in [3.8, 4) is 0 Å². The van der Waals surface area contributed by atoms with Gasteiger partial charge in [0.2, 0.25) is 5.78 Å². The van der Waals surface area contributed by atoms with E-state index in [1.54, 1.807) is 0 Å². The minimum absolute atomic E-state index is 0.203. The standard InChI is InChI=1S/C23H44O3/c1-2-3-4-5-6-7-8-9-10-11-12-13-14-15-16-17-18-19-20-21-22(24)23(25)26/h2-21H2,1H3,(H,25,26). The third-order valence-corrected chi connectivity index (χ3v) is 5.25. The summed E-state index contributed by atoms with van der Waals surface area (Å²) in [6.07, 6.45) is 25.2. The molecule has 3 heteroatoms. The molecule has 0 spiro atoms. The molecule has 0 atom stereocenters. The molecule has 0 saturated heterocycles. The van der Waals surface area contributed by atoms with E-state index < -0.39 is 11.8 Å². The molecule has 3 nitrogen and oxygen atoms in total. The molecular weight excluding hydrogens is 324 g/mol. The molecule has 0 saturated carbocycles. The highest BCUT2D eigenvalue weighted by atomic mass is 16.4. The summed E-state index contributed by atoms with van der Waals surface area (Å²) in [7, 11) is 0. The van der Waals surface area contributed by atoms with Crippen LogP contribution in [0.1, 0.15) is 135 Å². The van der Waals surface area contributed by atoms with Crippen molar-refractivity contribution in [2.24, 2.45) is 0 Å². The van der Waals surface area contributed by atoms with E-state index in [4.69, 9.17) is 5.11 Å². The Bertz CT molecular complexity index is 325. The molecule has 0 aromatic rings. The number of carbonyl (C=O) groups excluding carboxylic acids is 1. The summed E-state index contributed by atoms with van der Waals surface area (Å²) in [4.78, 5) is 21.3. The third kappa shape index (κ3) is 19.5. The zero-order valence-corrected chi connectivity index (χ0v) is 17.4. The molecule has 1 N–H and O–H groups in total. The maximum Gasteiger partial charge on any atom is 0.372 e. The first-order valence-electron chi connectivity index (χ1n) is 11.4. The molecule has 0 bridgehead atoms. The van der Waals surface area contributed by atoms with E-state index in [9.17, 15) is 9.59 Å². The molecule has 0 fully saturated rings. The number of unbranched alkanes of at least 4 members (excludes halogenated alkanes) is 18. The van der Waals surface area contributed by atoms with Gasteiger partial charge in [0.1, 0.15) is 0 Å². The van der Waals surface area contributed by atoms with Crippen molar-refractivity contribution < 1.29 is 14.7 Å². The maximum atomic E-state index is 10.9. The minimum atomic E-state index is -1.28. The van der Waals surface area contributed by atoms with Gasteiger partial charge in [-0.15, -0.1) is 0 Å². The third-order valence-electron chi connectivity index (χ3n) is 5.25. The van der Waals surface area contributed by atoms with Crippen molar-refractivity contribution in [2.45, 2.75) is 135 Å². The average molecular weight is 369 g/mol. The number of ketones is 1. The fourth-order valence-electron chi connectivity index (χ4n) is 3.47. The van der Waals surface area contributed by atoms with Crippen LogP contribution >= 0.6 is 0 Å². The highest BCUT2D eigenvalue weighted by Crippen LogP contribution is 2.14. The number of carboxylic acids is 1. The second-order valence-electron chi connectivity index (χ2n) is 7.84. The van der Waals surface area contributed by atoms with Crippen molar-refractivity contribution in [1.82, 2.24) is 0 Å². The van der Waals surface area contributed by atoms with Crippen LogP contribution in [0.15, 0.2) is 0 Å². The van der Waals surface area contributed by atoms with Gasteiger partial charge in [-0.25, -0.2) is 4.79 Å². The molecule has 0 aromatic heterocycles. The number of hydrogen-bond acceptors (Lipinski definition) is 2. The Hall–Kier alpha value is -0.860. The van der Waals surface area contributed by atoms with Gasteiger partial charge in [0.25, 0.3) is 0 Å².